The van der Waals surface area contributed by atoms with Crippen LogP contribution in [0.3, 0.4) is 0 Å². The maximum absolute atomic E-state index is 12.8. The molecule has 5 nitrogen and oxygen atoms in total. The number of fused-ring (bicyclic) bond motifs is 1. The summed E-state index contributed by atoms with van der Waals surface area (Å²) < 4.78 is 38.1. The zero-order chi connectivity index (χ0) is 17.5. The summed E-state index contributed by atoms with van der Waals surface area (Å²) in [6.07, 6.45) is -4.24. The number of aromatic amines is 1. The molecule has 1 aliphatic rings. The highest BCUT2D eigenvalue weighted by atomic mass is 19.4. The molecule has 0 radical (unpaired) electrons. The Kier molecular flexibility index (Phi) is 4.25. The molecule has 1 aromatic carbocycles. The van der Waals surface area contributed by atoms with Crippen LogP contribution in [0.1, 0.15) is 24.3 Å². The van der Waals surface area contributed by atoms with Crippen LogP contribution in [0.25, 0.3) is 10.9 Å². The predicted octanol–water partition coefficient (Wildman–Crippen LogP) is 2.66. The number of para-hydroxylation sites is 1. The van der Waals surface area contributed by atoms with Crippen LogP contribution in [0.5, 0.6) is 0 Å². The van der Waals surface area contributed by atoms with E-state index < -0.39 is 12.7 Å². The van der Waals surface area contributed by atoms with Crippen LogP contribution in [0.2, 0.25) is 0 Å². The van der Waals surface area contributed by atoms with Crippen LogP contribution in [-0.4, -0.2) is 63.8 Å². The molecular formula is C16H19F3N4O. The van der Waals surface area contributed by atoms with E-state index in [0.29, 0.717) is 5.69 Å². The van der Waals surface area contributed by atoms with E-state index in [0.717, 1.165) is 10.9 Å². The zero-order valence-electron chi connectivity index (χ0n) is 13.5. The third-order valence-electron chi connectivity index (χ3n) is 4.42. The van der Waals surface area contributed by atoms with Crippen molar-refractivity contribution in [2.75, 3.05) is 19.6 Å². The number of carbonyl (C=O) groups is 1. The Morgan fingerprint density at radius 3 is 2.50 bits per heavy atom. The van der Waals surface area contributed by atoms with Crippen molar-refractivity contribution in [2.45, 2.75) is 32.1 Å². The molecule has 24 heavy (non-hydrogen) atoms. The first-order valence-electron chi connectivity index (χ1n) is 7.81. The molecule has 0 aliphatic carbocycles. The minimum Gasteiger partial charge on any atom is -0.334 e. The molecule has 1 saturated heterocycles. The highest BCUT2D eigenvalue weighted by Gasteiger charge is 2.39. The van der Waals surface area contributed by atoms with Gasteiger partial charge in [-0.1, -0.05) is 18.2 Å². The third kappa shape index (κ3) is 3.24. The smallest absolute Gasteiger partial charge is 0.334 e. The Bertz CT molecular complexity index is 730. The molecule has 2 heterocycles. The Morgan fingerprint density at radius 2 is 1.88 bits per heavy atom. The van der Waals surface area contributed by atoms with Gasteiger partial charge in [0.15, 0.2) is 5.69 Å². The van der Waals surface area contributed by atoms with E-state index in [2.05, 4.69) is 10.2 Å². The second-order valence-electron chi connectivity index (χ2n) is 6.31. The quantitative estimate of drug-likeness (QED) is 0.914. The zero-order valence-corrected chi connectivity index (χ0v) is 13.5. The molecule has 3 rings (SSSR count). The fourth-order valence-electron chi connectivity index (χ4n) is 3.32. The summed E-state index contributed by atoms with van der Waals surface area (Å²) in [7, 11) is 0. The highest BCUT2D eigenvalue weighted by Crippen LogP contribution is 2.25. The number of carbonyl (C=O) groups excluding carboxylic acids is 1. The normalized spacial score (nSPS) is 23.0. The van der Waals surface area contributed by atoms with E-state index in [9.17, 15) is 18.0 Å². The first-order valence-corrected chi connectivity index (χ1v) is 7.81. The summed E-state index contributed by atoms with van der Waals surface area (Å²) >= 11 is 0. The molecule has 1 aromatic heterocycles. The molecule has 0 unspecified atom stereocenters. The van der Waals surface area contributed by atoms with Crippen LogP contribution in [0.4, 0.5) is 13.2 Å². The summed E-state index contributed by atoms with van der Waals surface area (Å²) in [5.41, 5.74) is 1.08. The Morgan fingerprint density at radius 1 is 1.25 bits per heavy atom. The van der Waals surface area contributed by atoms with Gasteiger partial charge in [-0.05, 0) is 19.9 Å². The van der Waals surface area contributed by atoms with Gasteiger partial charge in [-0.25, -0.2) is 0 Å². The second-order valence-corrected chi connectivity index (χ2v) is 6.31. The Hall–Kier alpha value is -2.09. The maximum atomic E-state index is 12.8. The molecule has 1 N–H and O–H groups in total. The molecule has 0 spiro atoms. The van der Waals surface area contributed by atoms with E-state index in [1.165, 1.54) is 4.90 Å². The van der Waals surface area contributed by atoms with E-state index in [1.807, 2.05) is 18.2 Å². The van der Waals surface area contributed by atoms with Crippen molar-refractivity contribution in [1.82, 2.24) is 20.0 Å². The first-order chi connectivity index (χ1) is 11.3. The summed E-state index contributed by atoms with van der Waals surface area (Å²) in [4.78, 5) is 15.7. The fraction of sp³-hybridized carbons (Fsp3) is 0.500. The van der Waals surface area contributed by atoms with E-state index in [-0.39, 0.29) is 31.1 Å². The molecule has 1 amide bonds. The number of piperazine rings is 1. The number of amides is 1. The maximum Gasteiger partial charge on any atom is 0.401 e. The lowest BCUT2D eigenvalue weighted by Crippen LogP contribution is -2.59. The van der Waals surface area contributed by atoms with Gasteiger partial charge in [0.2, 0.25) is 0 Å². The number of halogens is 3. The molecule has 2 aromatic rings. The van der Waals surface area contributed by atoms with Crippen molar-refractivity contribution in [3.05, 3.63) is 30.0 Å². The lowest BCUT2D eigenvalue weighted by atomic mass is 10.1. The van der Waals surface area contributed by atoms with Crippen LogP contribution in [-0.2, 0) is 0 Å². The van der Waals surface area contributed by atoms with Crippen molar-refractivity contribution in [2.24, 2.45) is 0 Å². The molecular weight excluding hydrogens is 321 g/mol. The standard InChI is InChI=1S/C16H19F3N4O/c1-10-7-22(8-11(2)23(10)9-16(17,18)19)15(24)14-12-5-3-4-6-13(12)20-21-14/h3-6,10-11H,7-9H2,1-2H3,(H,20,21)/t10-,11+. The molecule has 1 fully saturated rings. The van der Waals surface area contributed by atoms with Crippen LogP contribution in [0, 0.1) is 0 Å². The third-order valence-corrected chi connectivity index (χ3v) is 4.42. The predicted molar refractivity (Wildman–Crippen MR) is 83.7 cm³/mol. The monoisotopic (exact) mass is 340 g/mol. The number of hydrogen-bond acceptors (Lipinski definition) is 3. The number of alkyl halides is 3. The van der Waals surface area contributed by atoms with Crippen LogP contribution < -0.4 is 0 Å². The fourth-order valence-corrected chi connectivity index (χ4v) is 3.32. The molecule has 0 bridgehead atoms. The average molecular weight is 340 g/mol. The molecule has 1 aliphatic heterocycles. The number of hydrogen-bond donors (Lipinski definition) is 1. The summed E-state index contributed by atoms with van der Waals surface area (Å²) in [5, 5.41) is 7.63. The van der Waals surface area contributed by atoms with Gasteiger partial charge in [0, 0.05) is 30.6 Å². The minimum absolute atomic E-state index is 0.250. The average Bonchev–Trinajstić information content (AvgIpc) is 2.93. The molecule has 2 atom stereocenters. The van der Waals surface area contributed by atoms with Gasteiger partial charge in [0.05, 0.1) is 12.1 Å². The van der Waals surface area contributed by atoms with Gasteiger partial charge in [-0.3, -0.25) is 14.8 Å². The van der Waals surface area contributed by atoms with Gasteiger partial charge in [-0.15, -0.1) is 0 Å². The second kappa shape index (κ2) is 6.08. The SMILES string of the molecule is C[C@@H]1CN(C(=O)c2n[nH]c3ccccc23)C[C@H](C)N1CC(F)(F)F. The van der Waals surface area contributed by atoms with Crippen molar-refractivity contribution in [3.63, 3.8) is 0 Å². The number of nitrogens with zero attached hydrogens (tertiary/aromatic N) is 3. The highest BCUT2D eigenvalue weighted by molar-refractivity contribution is 6.04. The van der Waals surface area contributed by atoms with E-state index in [4.69, 9.17) is 0 Å². The topological polar surface area (TPSA) is 52.2 Å². The van der Waals surface area contributed by atoms with Gasteiger partial charge in [-0.2, -0.15) is 18.3 Å². The van der Waals surface area contributed by atoms with Crippen LogP contribution >= 0.6 is 0 Å². The minimum atomic E-state index is -4.24. The lowest BCUT2D eigenvalue weighted by molar-refractivity contribution is -0.160. The summed E-state index contributed by atoms with van der Waals surface area (Å²) in [5.74, 6) is -0.252. The van der Waals surface area contributed by atoms with Gasteiger partial charge in [0.25, 0.3) is 5.91 Å². The lowest BCUT2D eigenvalue weighted by Gasteiger charge is -2.44. The largest absolute Gasteiger partial charge is 0.401 e. The van der Waals surface area contributed by atoms with Crippen molar-refractivity contribution < 1.29 is 18.0 Å². The summed E-state index contributed by atoms with van der Waals surface area (Å²) in [6.45, 7) is 2.97. The van der Waals surface area contributed by atoms with Crippen molar-refractivity contribution in [1.29, 1.82) is 0 Å². The number of nitrogens with one attached hydrogen (secondary N) is 1. The van der Waals surface area contributed by atoms with Crippen molar-refractivity contribution in [3.8, 4) is 0 Å². The van der Waals surface area contributed by atoms with Gasteiger partial charge in [0.1, 0.15) is 0 Å². The molecule has 130 valence electrons. The first kappa shape index (κ1) is 16.8. The van der Waals surface area contributed by atoms with Gasteiger partial charge < -0.3 is 4.90 Å². The van der Waals surface area contributed by atoms with Crippen LogP contribution in [0.15, 0.2) is 24.3 Å². The number of H-pyrrole nitrogens is 1. The Labute approximate surface area is 137 Å². The summed E-state index contributed by atoms with van der Waals surface area (Å²) in [6, 6.07) is 6.55. The molecule has 8 heteroatoms. The Balaban J connectivity index is 1.78. The van der Waals surface area contributed by atoms with Crippen molar-refractivity contribution >= 4 is 16.8 Å². The number of rotatable bonds is 2. The van der Waals surface area contributed by atoms with Gasteiger partial charge >= 0.3 is 6.18 Å². The number of aromatic nitrogens is 2. The van der Waals surface area contributed by atoms with E-state index >= 15 is 0 Å². The van der Waals surface area contributed by atoms with E-state index in [1.54, 1.807) is 24.8 Å². The molecule has 0 saturated carbocycles. The number of benzene rings is 1.